The highest BCUT2D eigenvalue weighted by molar-refractivity contribution is 5.77. The first-order valence-corrected chi connectivity index (χ1v) is 3.61. The lowest BCUT2D eigenvalue weighted by atomic mass is 10.5. The first kappa shape index (κ1) is 10.4. The fourth-order valence-electron chi connectivity index (χ4n) is 0.598. The molecule has 0 radical (unpaired) electrons. The number of likely N-dealkylation sites (N-methyl/N-ethyl adjacent to an activating group) is 2. The first-order chi connectivity index (χ1) is 5.11. The van der Waals surface area contributed by atoms with Crippen molar-refractivity contribution < 1.29 is 9.63 Å². The summed E-state index contributed by atoms with van der Waals surface area (Å²) in [5.74, 6) is 0.0497. The van der Waals surface area contributed by atoms with Gasteiger partial charge in [-0.1, -0.05) is 6.92 Å². The van der Waals surface area contributed by atoms with Crippen LogP contribution in [0.25, 0.3) is 0 Å². The molecule has 0 aromatic rings. The van der Waals surface area contributed by atoms with E-state index in [4.69, 9.17) is 4.84 Å². The number of carbonyl (C=O) groups is 1. The van der Waals surface area contributed by atoms with Crippen LogP contribution < -0.4 is 0 Å². The van der Waals surface area contributed by atoms with Gasteiger partial charge in [-0.25, -0.2) is 0 Å². The van der Waals surface area contributed by atoms with Crippen molar-refractivity contribution in [3.8, 4) is 0 Å². The van der Waals surface area contributed by atoms with Gasteiger partial charge in [0.15, 0.2) is 0 Å². The Morgan fingerprint density at radius 2 is 2.00 bits per heavy atom. The Labute approximate surface area is 67.7 Å². The van der Waals surface area contributed by atoms with Crippen LogP contribution in [-0.2, 0) is 9.63 Å². The van der Waals surface area contributed by atoms with Crippen LogP contribution in [0.4, 0.5) is 0 Å². The van der Waals surface area contributed by atoms with Gasteiger partial charge in [0, 0.05) is 20.6 Å². The third-order valence-electron chi connectivity index (χ3n) is 1.42. The maximum atomic E-state index is 11.1. The Bertz CT molecular complexity index is 122. The summed E-state index contributed by atoms with van der Waals surface area (Å²) in [5.41, 5.74) is 0. The maximum Gasteiger partial charge on any atom is 0.238 e. The molecule has 4 nitrogen and oxygen atoms in total. The Hall–Kier alpha value is -0.610. The van der Waals surface area contributed by atoms with Crippen molar-refractivity contribution in [3.63, 3.8) is 0 Å². The lowest BCUT2D eigenvalue weighted by Crippen LogP contribution is -2.35. The summed E-state index contributed by atoms with van der Waals surface area (Å²) in [6, 6.07) is 0. The van der Waals surface area contributed by atoms with Gasteiger partial charge in [-0.2, -0.15) is 5.06 Å². The quantitative estimate of drug-likeness (QED) is 0.541. The molecule has 0 aliphatic rings. The highest BCUT2D eigenvalue weighted by atomic mass is 16.7. The molecule has 0 saturated heterocycles. The second-order valence-electron chi connectivity index (χ2n) is 2.43. The van der Waals surface area contributed by atoms with Crippen molar-refractivity contribution in [2.45, 2.75) is 6.92 Å². The van der Waals surface area contributed by atoms with Gasteiger partial charge in [-0.05, 0) is 0 Å². The van der Waals surface area contributed by atoms with Crippen LogP contribution in [0.3, 0.4) is 0 Å². The number of amides is 1. The molecule has 0 bridgehead atoms. The summed E-state index contributed by atoms with van der Waals surface area (Å²) in [4.78, 5) is 17.5. The van der Waals surface area contributed by atoms with E-state index < -0.39 is 0 Å². The molecule has 0 unspecified atom stereocenters. The topological polar surface area (TPSA) is 32.8 Å². The third kappa shape index (κ3) is 3.95. The molecule has 0 aromatic heterocycles. The van der Waals surface area contributed by atoms with Crippen LogP contribution in [-0.4, -0.2) is 50.2 Å². The fourth-order valence-corrected chi connectivity index (χ4v) is 0.598. The van der Waals surface area contributed by atoms with Crippen molar-refractivity contribution in [1.29, 1.82) is 0 Å². The first-order valence-electron chi connectivity index (χ1n) is 3.61. The van der Waals surface area contributed by atoms with Crippen LogP contribution >= 0.6 is 0 Å². The summed E-state index contributed by atoms with van der Waals surface area (Å²) in [7, 11) is 5.02. The van der Waals surface area contributed by atoms with Gasteiger partial charge in [0.2, 0.25) is 5.91 Å². The standard InChI is InChI=1S/C7H16N2O2/c1-5-9(11-4)6-7(10)8(2)3/h5-6H2,1-4H3. The van der Waals surface area contributed by atoms with E-state index in [0.717, 1.165) is 6.54 Å². The summed E-state index contributed by atoms with van der Waals surface area (Å²) >= 11 is 0. The van der Waals surface area contributed by atoms with E-state index in [0.29, 0.717) is 6.54 Å². The van der Waals surface area contributed by atoms with Crippen LogP contribution in [0.1, 0.15) is 6.92 Å². The van der Waals surface area contributed by atoms with Crippen molar-refractivity contribution >= 4 is 5.91 Å². The van der Waals surface area contributed by atoms with E-state index in [1.54, 1.807) is 31.2 Å². The Balaban J connectivity index is 3.72. The number of hydroxylamine groups is 2. The van der Waals surface area contributed by atoms with Crippen molar-refractivity contribution in [2.75, 3.05) is 34.3 Å². The number of carbonyl (C=O) groups excluding carboxylic acids is 1. The second-order valence-corrected chi connectivity index (χ2v) is 2.43. The molecule has 0 fully saturated rings. The van der Waals surface area contributed by atoms with E-state index in [-0.39, 0.29) is 5.91 Å². The molecule has 0 spiro atoms. The molecular weight excluding hydrogens is 144 g/mol. The molecule has 0 aliphatic heterocycles. The third-order valence-corrected chi connectivity index (χ3v) is 1.42. The highest BCUT2D eigenvalue weighted by Gasteiger charge is 2.08. The molecule has 0 heterocycles. The zero-order valence-corrected chi connectivity index (χ0v) is 7.63. The van der Waals surface area contributed by atoms with Gasteiger partial charge in [0.05, 0.1) is 7.11 Å². The smallest absolute Gasteiger partial charge is 0.238 e. The number of hydrogen-bond acceptors (Lipinski definition) is 3. The Kier molecular flexibility index (Phi) is 4.81. The van der Waals surface area contributed by atoms with E-state index >= 15 is 0 Å². The zero-order chi connectivity index (χ0) is 8.85. The second kappa shape index (κ2) is 5.09. The van der Waals surface area contributed by atoms with Crippen molar-refractivity contribution in [1.82, 2.24) is 9.96 Å². The van der Waals surface area contributed by atoms with Gasteiger partial charge < -0.3 is 9.74 Å². The van der Waals surface area contributed by atoms with Gasteiger partial charge in [0.25, 0.3) is 0 Å². The minimum absolute atomic E-state index is 0.0497. The van der Waals surface area contributed by atoms with Crippen molar-refractivity contribution in [2.24, 2.45) is 0 Å². The normalized spacial score (nSPS) is 10.3. The molecule has 1 amide bonds. The fraction of sp³-hybridized carbons (Fsp3) is 0.857. The van der Waals surface area contributed by atoms with Crippen LogP contribution in [0.5, 0.6) is 0 Å². The summed E-state index contributed by atoms with van der Waals surface area (Å²) in [5, 5.41) is 1.60. The lowest BCUT2D eigenvalue weighted by Gasteiger charge is -2.18. The van der Waals surface area contributed by atoms with Crippen LogP contribution in [0.15, 0.2) is 0 Å². The monoisotopic (exact) mass is 160 g/mol. The average Bonchev–Trinajstić information content (AvgIpc) is 1.99. The Morgan fingerprint density at radius 1 is 1.45 bits per heavy atom. The summed E-state index contributed by atoms with van der Waals surface area (Å²) in [6.45, 7) is 2.97. The predicted molar refractivity (Wildman–Crippen MR) is 43.0 cm³/mol. The predicted octanol–water partition coefficient (Wildman–Crippen LogP) is -0.0421. The van der Waals surface area contributed by atoms with Gasteiger partial charge in [-0.15, -0.1) is 0 Å². The molecule has 11 heavy (non-hydrogen) atoms. The molecule has 0 atom stereocenters. The average molecular weight is 160 g/mol. The molecule has 0 N–H and O–H groups in total. The SMILES string of the molecule is CCN(CC(=O)N(C)C)OC. The van der Waals surface area contributed by atoms with Gasteiger partial charge in [0.1, 0.15) is 6.54 Å². The molecule has 0 aromatic carbocycles. The molecule has 0 rings (SSSR count). The maximum absolute atomic E-state index is 11.1. The number of nitrogens with zero attached hydrogens (tertiary/aromatic N) is 2. The van der Waals surface area contributed by atoms with E-state index in [9.17, 15) is 4.79 Å². The molecule has 4 heteroatoms. The summed E-state index contributed by atoms with van der Waals surface area (Å²) < 4.78 is 0. The highest BCUT2D eigenvalue weighted by Crippen LogP contribution is 1.88. The van der Waals surface area contributed by atoms with Gasteiger partial charge in [-0.3, -0.25) is 4.79 Å². The number of rotatable bonds is 4. The molecule has 66 valence electrons. The van der Waals surface area contributed by atoms with E-state index in [1.807, 2.05) is 6.92 Å². The largest absolute Gasteiger partial charge is 0.348 e. The Morgan fingerprint density at radius 3 is 2.27 bits per heavy atom. The molecule has 0 aliphatic carbocycles. The minimum atomic E-state index is 0.0497. The summed E-state index contributed by atoms with van der Waals surface area (Å²) in [6.07, 6.45) is 0. The van der Waals surface area contributed by atoms with Gasteiger partial charge >= 0.3 is 0 Å². The number of hydrogen-bond donors (Lipinski definition) is 0. The van der Waals surface area contributed by atoms with E-state index in [1.165, 1.54) is 0 Å². The molecule has 0 saturated carbocycles. The molecular formula is C7H16N2O2. The van der Waals surface area contributed by atoms with Crippen LogP contribution in [0.2, 0.25) is 0 Å². The van der Waals surface area contributed by atoms with E-state index in [2.05, 4.69) is 0 Å². The lowest BCUT2D eigenvalue weighted by molar-refractivity contribution is -0.155. The van der Waals surface area contributed by atoms with Crippen LogP contribution in [0, 0.1) is 0 Å². The van der Waals surface area contributed by atoms with Crippen molar-refractivity contribution in [3.05, 3.63) is 0 Å². The zero-order valence-electron chi connectivity index (χ0n) is 7.63. The minimum Gasteiger partial charge on any atom is -0.348 e.